The minimum atomic E-state index is -0.986. The minimum Gasteiger partial charge on any atom is -0.481 e. The molecule has 2 aromatic rings. The number of nitro groups is 1. The molecule has 2 rings (SSSR count). The highest BCUT2D eigenvalue weighted by atomic mass is 16.6. The molecule has 0 fully saturated rings. The van der Waals surface area contributed by atoms with Crippen molar-refractivity contribution in [3.63, 3.8) is 0 Å². The van der Waals surface area contributed by atoms with Crippen LogP contribution in [0.4, 0.5) is 5.69 Å². The fraction of sp³-hybridized carbons (Fsp3) is 0.200. The Bertz CT molecular complexity index is 617. The van der Waals surface area contributed by atoms with Crippen LogP contribution < -0.4 is 0 Å². The molecule has 0 spiro atoms. The van der Waals surface area contributed by atoms with Crippen LogP contribution in [-0.2, 0) is 11.2 Å². The Morgan fingerprint density at radius 1 is 1.59 bits per heavy atom. The highest BCUT2D eigenvalue weighted by molar-refractivity contribution is 5.70. The number of pyridine rings is 1. The normalized spacial score (nSPS) is 10.6. The van der Waals surface area contributed by atoms with Crippen LogP contribution >= 0.6 is 0 Å². The summed E-state index contributed by atoms with van der Waals surface area (Å²) < 4.78 is 1.52. The Balaban J connectivity index is 2.57. The van der Waals surface area contributed by atoms with Gasteiger partial charge >= 0.3 is 5.97 Å². The zero-order valence-electron chi connectivity index (χ0n) is 8.95. The van der Waals surface area contributed by atoms with Crippen molar-refractivity contribution in [1.82, 2.24) is 9.38 Å². The second-order valence-corrected chi connectivity index (χ2v) is 3.59. The van der Waals surface area contributed by atoms with Crippen molar-refractivity contribution in [3.8, 4) is 0 Å². The average molecular weight is 235 g/mol. The summed E-state index contributed by atoms with van der Waals surface area (Å²) in [5.74, 6) is -0.986. The van der Waals surface area contributed by atoms with Gasteiger partial charge in [0.25, 0.3) is 5.69 Å². The van der Waals surface area contributed by atoms with E-state index in [1.54, 1.807) is 6.92 Å². The number of carbonyl (C=O) groups is 1. The zero-order chi connectivity index (χ0) is 12.6. The number of hydrogen-bond acceptors (Lipinski definition) is 4. The molecule has 88 valence electrons. The maximum atomic E-state index is 10.7. The number of carboxylic acid groups (broad SMARTS) is 1. The van der Waals surface area contributed by atoms with Crippen LogP contribution in [-0.4, -0.2) is 25.4 Å². The first-order chi connectivity index (χ1) is 7.99. The van der Waals surface area contributed by atoms with Gasteiger partial charge in [0.15, 0.2) is 0 Å². The van der Waals surface area contributed by atoms with E-state index in [0.717, 1.165) is 0 Å². The summed E-state index contributed by atoms with van der Waals surface area (Å²) in [6.45, 7) is 1.59. The number of fused-ring (bicyclic) bond motifs is 1. The maximum absolute atomic E-state index is 10.7. The molecule has 0 radical (unpaired) electrons. The number of carboxylic acids is 1. The van der Waals surface area contributed by atoms with E-state index >= 15 is 0 Å². The Labute approximate surface area is 95.5 Å². The van der Waals surface area contributed by atoms with Gasteiger partial charge in [0.2, 0.25) is 0 Å². The van der Waals surface area contributed by atoms with E-state index in [9.17, 15) is 14.9 Å². The van der Waals surface area contributed by atoms with Crippen molar-refractivity contribution in [3.05, 3.63) is 39.8 Å². The van der Waals surface area contributed by atoms with Crippen molar-refractivity contribution in [2.45, 2.75) is 13.3 Å². The minimum absolute atomic E-state index is 0.0169. The topological polar surface area (TPSA) is 97.7 Å². The number of rotatable bonds is 3. The molecule has 0 bridgehead atoms. The largest absolute Gasteiger partial charge is 0.481 e. The first-order valence-electron chi connectivity index (χ1n) is 4.83. The Kier molecular flexibility index (Phi) is 2.51. The summed E-state index contributed by atoms with van der Waals surface area (Å²) in [7, 11) is 0. The fourth-order valence-electron chi connectivity index (χ4n) is 1.66. The van der Waals surface area contributed by atoms with Crippen LogP contribution in [0.5, 0.6) is 0 Å². The van der Waals surface area contributed by atoms with Crippen molar-refractivity contribution >= 4 is 17.3 Å². The number of nitrogens with zero attached hydrogens (tertiary/aromatic N) is 3. The molecule has 0 aliphatic rings. The molecular weight excluding hydrogens is 226 g/mol. The number of hydrogen-bond donors (Lipinski definition) is 1. The van der Waals surface area contributed by atoms with E-state index in [2.05, 4.69) is 4.98 Å². The number of aliphatic carboxylic acids is 1. The summed E-state index contributed by atoms with van der Waals surface area (Å²) in [6, 6.07) is 2.86. The van der Waals surface area contributed by atoms with Crippen molar-refractivity contribution in [2.75, 3.05) is 0 Å². The summed E-state index contributed by atoms with van der Waals surface area (Å²) in [4.78, 5) is 24.9. The maximum Gasteiger partial charge on any atom is 0.309 e. The molecular formula is C10H9N3O4. The van der Waals surface area contributed by atoms with Crippen LogP contribution in [0.2, 0.25) is 0 Å². The lowest BCUT2D eigenvalue weighted by Crippen LogP contribution is -1.99. The van der Waals surface area contributed by atoms with Gasteiger partial charge in [-0.25, -0.2) is 4.98 Å². The summed E-state index contributed by atoms with van der Waals surface area (Å²) >= 11 is 0. The third kappa shape index (κ3) is 1.94. The van der Waals surface area contributed by atoms with Gasteiger partial charge in [-0.2, -0.15) is 0 Å². The lowest BCUT2D eigenvalue weighted by atomic mass is 10.3. The van der Waals surface area contributed by atoms with Crippen molar-refractivity contribution < 1.29 is 14.8 Å². The molecule has 0 aliphatic carbocycles. The molecule has 2 aromatic heterocycles. The summed E-state index contributed by atoms with van der Waals surface area (Å²) in [6.07, 6.45) is 1.31. The summed E-state index contributed by atoms with van der Waals surface area (Å²) in [5.41, 5.74) is 1.29. The van der Waals surface area contributed by atoms with Gasteiger partial charge in [-0.1, -0.05) is 0 Å². The molecule has 0 aliphatic heterocycles. The lowest BCUT2D eigenvalue weighted by molar-refractivity contribution is -0.385. The van der Waals surface area contributed by atoms with E-state index in [1.165, 1.54) is 22.7 Å². The molecule has 1 N–H and O–H groups in total. The Morgan fingerprint density at radius 2 is 2.29 bits per heavy atom. The van der Waals surface area contributed by atoms with Crippen molar-refractivity contribution in [1.29, 1.82) is 0 Å². The van der Waals surface area contributed by atoms with Gasteiger partial charge in [0, 0.05) is 12.3 Å². The van der Waals surface area contributed by atoms with Crippen LogP contribution in [0.3, 0.4) is 0 Å². The van der Waals surface area contributed by atoms with Crippen LogP contribution in [0.1, 0.15) is 11.4 Å². The number of aryl methyl sites for hydroxylation is 1. The second-order valence-electron chi connectivity index (χ2n) is 3.59. The molecule has 7 heteroatoms. The molecule has 0 aromatic carbocycles. The molecule has 0 atom stereocenters. The SMILES string of the molecule is Cc1c([N+](=O)[O-])ccc2nc(CC(=O)O)cn12. The van der Waals surface area contributed by atoms with Gasteiger partial charge in [-0.3, -0.25) is 19.3 Å². The van der Waals surface area contributed by atoms with Crippen molar-refractivity contribution in [2.24, 2.45) is 0 Å². The molecule has 17 heavy (non-hydrogen) atoms. The lowest BCUT2D eigenvalue weighted by Gasteiger charge is -1.99. The van der Waals surface area contributed by atoms with Crippen LogP contribution in [0, 0.1) is 17.0 Å². The quantitative estimate of drug-likeness (QED) is 0.636. The predicted molar refractivity (Wildman–Crippen MR) is 57.9 cm³/mol. The summed E-state index contributed by atoms with van der Waals surface area (Å²) in [5, 5.41) is 19.4. The molecule has 2 heterocycles. The van der Waals surface area contributed by atoms with E-state index < -0.39 is 10.9 Å². The molecule has 0 saturated carbocycles. The Morgan fingerprint density at radius 3 is 2.88 bits per heavy atom. The zero-order valence-corrected chi connectivity index (χ0v) is 8.95. The van der Waals surface area contributed by atoms with E-state index in [0.29, 0.717) is 17.0 Å². The second kappa shape index (κ2) is 3.85. The standard InChI is InChI=1S/C10H9N3O4/c1-6-8(13(16)17)2-3-9-11-7(4-10(14)15)5-12(6)9/h2-3,5H,4H2,1H3,(H,14,15). The monoisotopic (exact) mass is 235 g/mol. The van der Waals surface area contributed by atoms with Crippen LogP contribution in [0.15, 0.2) is 18.3 Å². The van der Waals surface area contributed by atoms with Gasteiger partial charge in [-0.05, 0) is 13.0 Å². The molecule has 0 amide bonds. The Hall–Kier alpha value is -2.44. The first-order valence-corrected chi connectivity index (χ1v) is 4.83. The molecule has 0 unspecified atom stereocenters. The van der Waals surface area contributed by atoms with E-state index in [4.69, 9.17) is 5.11 Å². The number of aromatic nitrogens is 2. The van der Waals surface area contributed by atoms with E-state index in [-0.39, 0.29) is 12.1 Å². The van der Waals surface area contributed by atoms with Gasteiger partial charge in [-0.15, -0.1) is 0 Å². The predicted octanol–water partition coefficient (Wildman–Crippen LogP) is 1.18. The van der Waals surface area contributed by atoms with Gasteiger partial charge < -0.3 is 5.11 Å². The third-order valence-electron chi connectivity index (χ3n) is 2.43. The first kappa shape index (κ1) is 11.1. The molecule has 7 nitrogen and oxygen atoms in total. The average Bonchev–Trinajstić information content (AvgIpc) is 2.60. The van der Waals surface area contributed by atoms with Gasteiger partial charge in [0.05, 0.1) is 22.7 Å². The molecule has 0 saturated heterocycles. The van der Waals surface area contributed by atoms with E-state index in [1.807, 2.05) is 0 Å². The highest BCUT2D eigenvalue weighted by Crippen LogP contribution is 2.19. The fourth-order valence-corrected chi connectivity index (χ4v) is 1.66. The third-order valence-corrected chi connectivity index (χ3v) is 2.43. The van der Waals surface area contributed by atoms with Gasteiger partial charge in [0.1, 0.15) is 5.65 Å². The number of imidazole rings is 1. The smallest absolute Gasteiger partial charge is 0.309 e. The highest BCUT2D eigenvalue weighted by Gasteiger charge is 2.15. The van der Waals surface area contributed by atoms with Crippen LogP contribution in [0.25, 0.3) is 5.65 Å².